The van der Waals surface area contributed by atoms with E-state index in [-0.39, 0.29) is 6.79 Å². The first-order valence-corrected chi connectivity index (χ1v) is 7.89. The second kappa shape index (κ2) is 5.91. The van der Waals surface area contributed by atoms with Crippen molar-refractivity contribution in [2.75, 3.05) is 30.1 Å². The first-order chi connectivity index (χ1) is 11.3. The van der Waals surface area contributed by atoms with Gasteiger partial charge in [0.15, 0.2) is 17.3 Å². The van der Waals surface area contributed by atoms with E-state index in [9.17, 15) is 0 Å². The lowest BCUT2D eigenvalue weighted by Gasteiger charge is -2.30. The van der Waals surface area contributed by atoms with Gasteiger partial charge in [-0.05, 0) is 30.9 Å². The first-order valence-electron chi connectivity index (χ1n) is 7.89. The van der Waals surface area contributed by atoms with Gasteiger partial charge in [-0.1, -0.05) is 6.92 Å². The van der Waals surface area contributed by atoms with Crippen LogP contribution < -0.4 is 19.7 Å². The Morgan fingerprint density at radius 1 is 1.26 bits per heavy atom. The molecular formula is C16H19N5O2. The summed E-state index contributed by atoms with van der Waals surface area (Å²) in [5.41, 5.74) is 0.882. The molecule has 2 aliphatic heterocycles. The van der Waals surface area contributed by atoms with Crippen LogP contribution in [-0.4, -0.2) is 35.1 Å². The Labute approximate surface area is 134 Å². The molecule has 0 aliphatic carbocycles. The molecule has 1 N–H and O–H groups in total. The van der Waals surface area contributed by atoms with Crippen molar-refractivity contribution in [1.82, 2.24) is 15.2 Å². The molecule has 4 rings (SSSR count). The van der Waals surface area contributed by atoms with Crippen molar-refractivity contribution < 1.29 is 9.47 Å². The van der Waals surface area contributed by atoms with E-state index in [1.807, 2.05) is 18.2 Å². The second-order valence-corrected chi connectivity index (χ2v) is 6.03. The maximum absolute atomic E-state index is 5.39. The van der Waals surface area contributed by atoms with Gasteiger partial charge in [0.05, 0.1) is 6.20 Å². The van der Waals surface area contributed by atoms with E-state index in [0.717, 1.165) is 30.3 Å². The molecule has 2 aliphatic rings. The standard InChI is InChI=1S/C16H19N5O2/c1-11-3-2-6-21(9-11)16-19-15(8-17-20-16)18-12-4-5-13-14(7-12)23-10-22-13/h4-5,7-8,11H,2-3,6,9-10H2,1H3,(H,18,19,20). The Morgan fingerprint density at radius 2 is 2.17 bits per heavy atom. The summed E-state index contributed by atoms with van der Waals surface area (Å²) in [6.07, 6.45) is 4.06. The predicted octanol–water partition coefficient (Wildman–Crippen LogP) is 2.58. The molecule has 0 amide bonds. The van der Waals surface area contributed by atoms with Gasteiger partial charge in [0, 0.05) is 24.8 Å². The van der Waals surface area contributed by atoms with Gasteiger partial charge in [-0.15, -0.1) is 5.10 Å². The Hall–Kier alpha value is -2.57. The fourth-order valence-electron chi connectivity index (χ4n) is 2.98. The number of benzene rings is 1. The van der Waals surface area contributed by atoms with E-state index in [0.29, 0.717) is 17.7 Å². The molecule has 7 heteroatoms. The molecule has 1 fully saturated rings. The summed E-state index contributed by atoms with van der Waals surface area (Å²) in [4.78, 5) is 6.79. The van der Waals surface area contributed by atoms with E-state index in [1.54, 1.807) is 6.20 Å². The highest BCUT2D eigenvalue weighted by molar-refractivity contribution is 5.61. The first kappa shape index (κ1) is 14.0. The third-order valence-electron chi connectivity index (χ3n) is 4.13. The lowest BCUT2D eigenvalue weighted by atomic mass is 10.0. The Morgan fingerprint density at radius 3 is 3.09 bits per heavy atom. The molecule has 0 saturated carbocycles. The number of anilines is 3. The van der Waals surface area contributed by atoms with Crippen LogP contribution in [0.25, 0.3) is 0 Å². The number of ether oxygens (including phenoxy) is 2. The number of rotatable bonds is 3. The minimum Gasteiger partial charge on any atom is -0.454 e. The molecule has 1 atom stereocenters. The largest absolute Gasteiger partial charge is 0.454 e. The molecule has 7 nitrogen and oxygen atoms in total. The Balaban J connectivity index is 1.52. The molecule has 1 unspecified atom stereocenters. The summed E-state index contributed by atoms with van der Waals surface area (Å²) in [5, 5.41) is 11.5. The van der Waals surface area contributed by atoms with Crippen LogP contribution in [0.1, 0.15) is 19.8 Å². The summed E-state index contributed by atoms with van der Waals surface area (Å²) >= 11 is 0. The van der Waals surface area contributed by atoms with Gasteiger partial charge in [0.25, 0.3) is 0 Å². The van der Waals surface area contributed by atoms with Crippen molar-refractivity contribution >= 4 is 17.5 Å². The monoisotopic (exact) mass is 313 g/mol. The van der Waals surface area contributed by atoms with Gasteiger partial charge >= 0.3 is 0 Å². The van der Waals surface area contributed by atoms with Gasteiger partial charge in [0.1, 0.15) is 0 Å². The second-order valence-electron chi connectivity index (χ2n) is 6.03. The zero-order chi connectivity index (χ0) is 15.6. The number of nitrogens with zero attached hydrogens (tertiary/aromatic N) is 4. The number of hydrogen-bond donors (Lipinski definition) is 1. The molecule has 1 aromatic heterocycles. The molecule has 23 heavy (non-hydrogen) atoms. The zero-order valence-corrected chi connectivity index (χ0v) is 13.0. The number of nitrogens with one attached hydrogen (secondary N) is 1. The molecule has 1 aromatic carbocycles. The van der Waals surface area contributed by atoms with Crippen LogP contribution in [0.4, 0.5) is 17.5 Å². The minimum absolute atomic E-state index is 0.269. The van der Waals surface area contributed by atoms with Crippen LogP contribution in [0.2, 0.25) is 0 Å². The molecule has 2 aromatic rings. The van der Waals surface area contributed by atoms with Crippen molar-refractivity contribution in [1.29, 1.82) is 0 Å². The summed E-state index contributed by atoms with van der Waals surface area (Å²) in [6, 6.07) is 5.71. The quantitative estimate of drug-likeness (QED) is 0.933. The molecular weight excluding hydrogens is 294 g/mol. The SMILES string of the molecule is CC1CCCN(c2nncc(Nc3ccc4c(c3)OCO4)n2)C1. The maximum atomic E-state index is 5.39. The summed E-state index contributed by atoms with van der Waals surface area (Å²) < 4.78 is 10.7. The van der Waals surface area contributed by atoms with E-state index in [2.05, 4.69) is 32.3 Å². The summed E-state index contributed by atoms with van der Waals surface area (Å²) in [5.74, 6) is 3.52. The predicted molar refractivity (Wildman–Crippen MR) is 86.3 cm³/mol. The van der Waals surface area contributed by atoms with Crippen molar-refractivity contribution in [3.05, 3.63) is 24.4 Å². The van der Waals surface area contributed by atoms with Gasteiger partial charge in [0.2, 0.25) is 12.7 Å². The normalized spacial score (nSPS) is 19.7. The lowest BCUT2D eigenvalue weighted by molar-refractivity contribution is 0.174. The molecule has 120 valence electrons. The van der Waals surface area contributed by atoms with E-state index in [1.165, 1.54) is 12.8 Å². The smallest absolute Gasteiger partial charge is 0.247 e. The van der Waals surface area contributed by atoms with Crippen molar-refractivity contribution in [3.63, 3.8) is 0 Å². The third kappa shape index (κ3) is 2.99. The highest BCUT2D eigenvalue weighted by Gasteiger charge is 2.19. The topological polar surface area (TPSA) is 72.4 Å². The average molecular weight is 313 g/mol. The van der Waals surface area contributed by atoms with Crippen LogP contribution in [0.15, 0.2) is 24.4 Å². The van der Waals surface area contributed by atoms with E-state index < -0.39 is 0 Å². The Bertz CT molecular complexity index is 709. The van der Waals surface area contributed by atoms with Gasteiger partial charge in [-0.2, -0.15) is 10.1 Å². The molecule has 1 saturated heterocycles. The number of hydrogen-bond acceptors (Lipinski definition) is 7. The highest BCUT2D eigenvalue weighted by atomic mass is 16.7. The van der Waals surface area contributed by atoms with E-state index >= 15 is 0 Å². The van der Waals surface area contributed by atoms with Crippen molar-refractivity contribution in [3.8, 4) is 11.5 Å². The third-order valence-corrected chi connectivity index (χ3v) is 4.13. The molecule has 0 spiro atoms. The summed E-state index contributed by atoms with van der Waals surface area (Å²) in [6.45, 7) is 4.49. The summed E-state index contributed by atoms with van der Waals surface area (Å²) in [7, 11) is 0. The molecule has 3 heterocycles. The number of piperidine rings is 1. The van der Waals surface area contributed by atoms with Crippen LogP contribution in [0.3, 0.4) is 0 Å². The van der Waals surface area contributed by atoms with Crippen molar-refractivity contribution in [2.45, 2.75) is 19.8 Å². The lowest BCUT2D eigenvalue weighted by Crippen LogP contribution is -2.35. The highest BCUT2D eigenvalue weighted by Crippen LogP contribution is 2.35. The average Bonchev–Trinajstić information content (AvgIpc) is 3.03. The van der Waals surface area contributed by atoms with Gasteiger partial charge < -0.3 is 19.7 Å². The molecule has 0 radical (unpaired) electrons. The van der Waals surface area contributed by atoms with Gasteiger partial charge in [-0.25, -0.2) is 0 Å². The Kier molecular flexibility index (Phi) is 3.61. The van der Waals surface area contributed by atoms with Crippen LogP contribution >= 0.6 is 0 Å². The van der Waals surface area contributed by atoms with E-state index in [4.69, 9.17) is 9.47 Å². The van der Waals surface area contributed by atoms with Gasteiger partial charge in [-0.3, -0.25) is 0 Å². The maximum Gasteiger partial charge on any atom is 0.247 e. The number of aromatic nitrogens is 3. The van der Waals surface area contributed by atoms with Crippen LogP contribution in [0, 0.1) is 5.92 Å². The van der Waals surface area contributed by atoms with Crippen molar-refractivity contribution in [2.24, 2.45) is 5.92 Å². The minimum atomic E-state index is 0.269. The fraction of sp³-hybridized carbons (Fsp3) is 0.438. The fourth-order valence-corrected chi connectivity index (χ4v) is 2.98. The number of fused-ring (bicyclic) bond motifs is 1. The van der Waals surface area contributed by atoms with Crippen LogP contribution in [-0.2, 0) is 0 Å². The zero-order valence-electron chi connectivity index (χ0n) is 13.0. The van der Waals surface area contributed by atoms with Crippen LogP contribution in [0.5, 0.6) is 11.5 Å². The molecule has 0 bridgehead atoms.